The molecule has 130 valence electrons. The lowest BCUT2D eigenvalue weighted by molar-refractivity contribution is 0.106. The molecule has 0 radical (unpaired) electrons. The Hall–Kier alpha value is -0.960. The van der Waals surface area contributed by atoms with Crippen LogP contribution in [-0.4, -0.2) is 55.1 Å². The number of ether oxygens (including phenoxy) is 2. The van der Waals surface area contributed by atoms with Gasteiger partial charge in [-0.2, -0.15) is 9.40 Å². The molecule has 0 aliphatic carbocycles. The van der Waals surface area contributed by atoms with E-state index in [0.717, 1.165) is 30.5 Å². The Kier molecular flexibility index (Phi) is 5.05. The standard InChI is InChI=1S/C15H25N3O4S/c1-3-23(19,20)18-7-4-5-14(18)15-12-11-22-9-6-13(12)17(16-15)8-10-21-2/h14H,3-11H2,1-2H3. The highest BCUT2D eigenvalue weighted by atomic mass is 32.2. The van der Waals surface area contributed by atoms with E-state index in [1.165, 1.54) is 5.69 Å². The molecule has 8 heteroatoms. The summed E-state index contributed by atoms with van der Waals surface area (Å²) >= 11 is 0. The van der Waals surface area contributed by atoms with Gasteiger partial charge in [-0.05, 0) is 19.8 Å². The topological polar surface area (TPSA) is 73.7 Å². The first-order valence-corrected chi connectivity index (χ1v) is 9.84. The van der Waals surface area contributed by atoms with Crippen LogP contribution in [0.4, 0.5) is 0 Å². The van der Waals surface area contributed by atoms with E-state index in [0.29, 0.717) is 32.9 Å². The summed E-state index contributed by atoms with van der Waals surface area (Å²) in [6.45, 7) is 4.77. The molecule has 1 unspecified atom stereocenters. The number of methoxy groups -OCH3 is 1. The summed E-state index contributed by atoms with van der Waals surface area (Å²) in [4.78, 5) is 0. The highest BCUT2D eigenvalue weighted by Crippen LogP contribution is 2.37. The van der Waals surface area contributed by atoms with Crippen LogP contribution in [0.2, 0.25) is 0 Å². The molecule has 3 rings (SSSR count). The van der Waals surface area contributed by atoms with Crippen LogP contribution < -0.4 is 0 Å². The summed E-state index contributed by atoms with van der Waals surface area (Å²) in [5.41, 5.74) is 3.13. The highest BCUT2D eigenvalue weighted by molar-refractivity contribution is 7.89. The minimum Gasteiger partial charge on any atom is -0.383 e. The summed E-state index contributed by atoms with van der Waals surface area (Å²) < 4.78 is 39.1. The van der Waals surface area contributed by atoms with Crippen molar-refractivity contribution in [3.63, 3.8) is 0 Å². The van der Waals surface area contributed by atoms with Crippen molar-refractivity contribution in [3.05, 3.63) is 17.0 Å². The molecule has 0 saturated carbocycles. The molecule has 0 spiro atoms. The van der Waals surface area contributed by atoms with Crippen LogP contribution in [0.15, 0.2) is 0 Å². The van der Waals surface area contributed by atoms with E-state index in [9.17, 15) is 8.42 Å². The smallest absolute Gasteiger partial charge is 0.214 e. The van der Waals surface area contributed by atoms with E-state index < -0.39 is 10.0 Å². The molecule has 1 saturated heterocycles. The van der Waals surface area contributed by atoms with E-state index in [-0.39, 0.29) is 11.8 Å². The third-order valence-corrected chi connectivity index (χ3v) is 6.56. The fourth-order valence-electron chi connectivity index (χ4n) is 3.48. The SMILES string of the molecule is CCS(=O)(=O)N1CCCC1c1nn(CCOC)c2c1COCC2. The van der Waals surface area contributed by atoms with Crippen LogP contribution in [0.5, 0.6) is 0 Å². The second kappa shape index (κ2) is 6.88. The molecule has 1 atom stereocenters. The third-order valence-electron chi connectivity index (χ3n) is 4.68. The first kappa shape index (κ1) is 16.9. The largest absolute Gasteiger partial charge is 0.383 e. The number of hydrogen-bond donors (Lipinski definition) is 0. The Morgan fingerprint density at radius 1 is 1.43 bits per heavy atom. The number of hydrogen-bond acceptors (Lipinski definition) is 5. The van der Waals surface area contributed by atoms with Crippen molar-refractivity contribution in [3.8, 4) is 0 Å². The Bertz CT molecular complexity index is 656. The molecule has 1 fully saturated rings. The highest BCUT2D eigenvalue weighted by Gasteiger charge is 2.38. The summed E-state index contributed by atoms with van der Waals surface area (Å²) in [5.74, 6) is 0.132. The Morgan fingerprint density at radius 3 is 3.00 bits per heavy atom. The predicted octanol–water partition coefficient (Wildman–Crippen LogP) is 1.09. The van der Waals surface area contributed by atoms with E-state index in [2.05, 4.69) is 0 Å². The van der Waals surface area contributed by atoms with E-state index in [4.69, 9.17) is 14.6 Å². The monoisotopic (exact) mass is 343 g/mol. The summed E-state index contributed by atoms with van der Waals surface area (Å²) in [6, 6.07) is -0.154. The first-order chi connectivity index (χ1) is 11.1. The van der Waals surface area contributed by atoms with Crippen molar-refractivity contribution < 1.29 is 17.9 Å². The molecule has 0 bridgehead atoms. The second-order valence-electron chi connectivity index (χ2n) is 6.00. The first-order valence-electron chi connectivity index (χ1n) is 8.23. The number of fused-ring (bicyclic) bond motifs is 1. The lowest BCUT2D eigenvalue weighted by atomic mass is 10.0. The molecule has 23 heavy (non-hydrogen) atoms. The summed E-state index contributed by atoms with van der Waals surface area (Å²) in [7, 11) is -1.54. The molecule has 0 aromatic carbocycles. The maximum atomic E-state index is 12.4. The number of sulfonamides is 1. The quantitative estimate of drug-likeness (QED) is 0.773. The van der Waals surface area contributed by atoms with Crippen LogP contribution in [0.3, 0.4) is 0 Å². The average molecular weight is 343 g/mol. The van der Waals surface area contributed by atoms with E-state index in [1.807, 2.05) is 4.68 Å². The number of aromatic nitrogens is 2. The second-order valence-corrected chi connectivity index (χ2v) is 8.21. The van der Waals surface area contributed by atoms with Crippen molar-refractivity contribution in [2.45, 2.75) is 45.4 Å². The van der Waals surface area contributed by atoms with Gasteiger partial charge in [0, 0.05) is 31.3 Å². The fourth-order valence-corrected chi connectivity index (χ4v) is 4.81. The van der Waals surface area contributed by atoms with Crippen molar-refractivity contribution in [1.82, 2.24) is 14.1 Å². The molecular formula is C15H25N3O4S. The fraction of sp³-hybridized carbons (Fsp3) is 0.800. The molecule has 0 N–H and O–H groups in total. The molecule has 0 amide bonds. The zero-order valence-corrected chi connectivity index (χ0v) is 14.6. The number of nitrogens with zero attached hydrogens (tertiary/aromatic N) is 3. The molecule has 2 aliphatic heterocycles. The van der Waals surface area contributed by atoms with Gasteiger partial charge in [-0.1, -0.05) is 0 Å². The summed E-state index contributed by atoms with van der Waals surface area (Å²) in [6.07, 6.45) is 2.52. The minimum absolute atomic E-state index is 0.132. The van der Waals surface area contributed by atoms with E-state index >= 15 is 0 Å². The molecule has 3 heterocycles. The van der Waals surface area contributed by atoms with Crippen molar-refractivity contribution in [2.75, 3.05) is 32.6 Å². The Labute approximate surface area is 137 Å². The van der Waals surface area contributed by atoms with Crippen LogP contribution in [0.25, 0.3) is 0 Å². The van der Waals surface area contributed by atoms with Crippen molar-refractivity contribution in [2.24, 2.45) is 0 Å². The maximum absolute atomic E-state index is 12.4. The van der Waals surface area contributed by atoms with Gasteiger partial charge < -0.3 is 9.47 Å². The average Bonchev–Trinajstić information content (AvgIpc) is 3.18. The maximum Gasteiger partial charge on any atom is 0.214 e. The Morgan fingerprint density at radius 2 is 2.26 bits per heavy atom. The van der Waals surface area contributed by atoms with Gasteiger partial charge in [0.25, 0.3) is 0 Å². The van der Waals surface area contributed by atoms with Gasteiger partial charge in [0.15, 0.2) is 0 Å². The third kappa shape index (κ3) is 3.17. The van der Waals surface area contributed by atoms with Gasteiger partial charge >= 0.3 is 0 Å². The lowest BCUT2D eigenvalue weighted by Gasteiger charge is -2.23. The van der Waals surface area contributed by atoms with Crippen LogP contribution >= 0.6 is 0 Å². The van der Waals surface area contributed by atoms with Crippen LogP contribution in [0, 0.1) is 0 Å². The van der Waals surface area contributed by atoms with Crippen LogP contribution in [0.1, 0.15) is 42.8 Å². The molecule has 7 nitrogen and oxygen atoms in total. The van der Waals surface area contributed by atoms with E-state index in [1.54, 1.807) is 18.3 Å². The minimum atomic E-state index is -3.21. The predicted molar refractivity (Wildman–Crippen MR) is 85.6 cm³/mol. The van der Waals surface area contributed by atoms with Gasteiger partial charge in [0.2, 0.25) is 10.0 Å². The lowest BCUT2D eigenvalue weighted by Crippen LogP contribution is -2.32. The molecule has 1 aromatic heterocycles. The molecule has 2 aliphatic rings. The molecular weight excluding hydrogens is 318 g/mol. The summed E-state index contributed by atoms with van der Waals surface area (Å²) in [5, 5.41) is 4.76. The number of rotatable bonds is 6. The van der Waals surface area contributed by atoms with Crippen LogP contribution in [-0.2, 0) is 39.1 Å². The van der Waals surface area contributed by atoms with Gasteiger partial charge in [0.1, 0.15) is 0 Å². The Balaban J connectivity index is 1.97. The van der Waals surface area contributed by atoms with Crippen molar-refractivity contribution >= 4 is 10.0 Å². The van der Waals surface area contributed by atoms with Crippen molar-refractivity contribution in [1.29, 1.82) is 0 Å². The normalized spacial score (nSPS) is 22.4. The molecule has 1 aromatic rings. The zero-order chi connectivity index (χ0) is 16.4. The zero-order valence-electron chi connectivity index (χ0n) is 13.8. The van der Waals surface area contributed by atoms with Gasteiger partial charge in [-0.25, -0.2) is 8.42 Å². The van der Waals surface area contributed by atoms with Gasteiger partial charge in [-0.15, -0.1) is 0 Å². The van der Waals surface area contributed by atoms with Gasteiger partial charge in [0.05, 0.1) is 43.9 Å². The van der Waals surface area contributed by atoms with Gasteiger partial charge in [-0.3, -0.25) is 4.68 Å².